The normalized spacial score (nSPS) is 16.7. The molecule has 1 N–H and O–H groups in total. The van der Waals surface area contributed by atoms with E-state index < -0.39 is 5.82 Å². The SMILES string of the molecule is CCc1ccccc1NC(=O)CN1CCN(C(C)c2ccc(F)c(Cl)c2)CC1. The van der Waals surface area contributed by atoms with Crippen LogP contribution in [0, 0.1) is 5.82 Å². The zero-order valence-corrected chi connectivity index (χ0v) is 17.2. The van der Waals surface area contributed by atoms with E-state index in [1.54, 1.807) is 12.1 Å². The number of carbonyl (C=O) groups excluding carboxylic acids is 1. The Morgan fingerprint density at radius 1 is 1.18 bits per heavy atom. The Bertz CT molecular complexity index is 821. The average Bonchev–Trinajstić information content (AvgIpc) is 2.70. The number of amides is 1. The molecule has 0 aliphatic carbocycles. The van der Waals surface area contributed by atoms with Gasteiger partial charge in [-0.25, -0.2) is 4.39 Å². The predicted molar refractivity (Wildman–Crippen MR) is 112 cm³/mol. The monoisotopic (exact) mass is 403 g/mol. The Hall–Kier alpha value is -1.95. The molecule has 1 aliphatic heterocycles. The lowest BCUT2D eigenvalue weighted by molar-refractivity contribution is -0.117. The van der Waals surface area contributed by atoms with Crippen LogP contribution < -0.4 is 5.32 Å². The Morgan fingerprint density at radius 2 is 1.89 bits per heavy atom. The van der Waals surface area contributed by atoms with Crippen LogP contribution in [0.25, 0.3) is 0 Å². The van der Waals surface area contributed by atoms with Crippen molar-refractivity contribution in [3.63, 3.8) is 0 Å². The summed E-state index contributed by atoms with van der Waals surface area (Å²) in [6, 6.07) is 13.0. The highest BCUT2D eigenvalue weighted by Crippen LogP contribution is 2.25. The molecule has 0 radical (unpaired) electrons. The molecule has 4 nitrogen and oxygen atoms in total. The van der Waals surface area contributed by atoms with Crippen molar-refractivity contribution in [2.45, 2.75) is 26.3 Å². The van der Waals surface area contributed by atoms with Gasteiger partial charge in [0.25, 0.3) is 0 Å². The minimum atomic E-state index is -0.391. The van der Waals surface area contributed by atoms with Crippen molar-refractivity contribution in [1.29, 1.82) is 0 Å². The first kappa shape index (κ1) is 20.8. The number of piperazine rings is 1. The molecule has 0 bridgehead atoms. The molecule has 2 aromatic carbocycles. The number of halogens is 2. The number of hydrogen-bond donors (Lipinski definition) is 1. The van der Waals surface area contributed by atoms with Gasteiger partial charge >= 0.3 is 0 Å². The van der Waals surface area contributed by atoms with Crippen LogP contribution in [0.4, 0.5) is 10.1 Å². The number of rotatable bonds is 6. The van der Waals surface area contributed by atoms with E-state index in [-0.39, 0.29) is 17.0 Å². The fraction of sp³-hybridized carbons (Fsp3) is 0.409. The maximum absolute atomic E-state index is 13.4. The number of aryl methyl sites for hydroxylation is 1. The minimum absolute atomic E-state index is 0.0210. The molecule has 28 heavy (non-hydrogen) atoms. The van der Waals surface area contributed by atoms with Crippen LogP contribution in [0.1, 0.15) is 31.0 Å². The largest absolute Gasteiger partial charge is 0.325 e. The molecule has 0 saturated carbocycles. The molecule has 1 amide bonds. The molecule has 1 saturated heterocycles. The van der Waals surface area contributed by atoms with Gasteiger partial charge < -0.3 is 5.32 Å². The van der Waals surface area contributed by atoms with E-state index in [0.29, 0.717) is 6.54 Å². The quantitative estimate of drug-likeness (QED) is 0.778. The highest BCUT2D eigenvalue weighted by Gasteiger charge is 2.23. The van der Waals surface area contributed by atoms with Gasteiger partial charge in [-0.3, -0.25) is 14.6 Å². The van der Waals surface area contributed by atoms with E-state index in [1.165, 1.54) is 6.07 Å². The van der Waals surface area contributed by atoms with E-state index >= 15 is 0 Å². The molecule has 0 aromatic heterocycles. The van der Waals surface area contributed by atoms with Gasteiger partial charge in [0, 0.05) is 37.9 Å². The number of para-hydroxylation sites is 1. The fourth-order valence-corrected chi connectivity index (χ4v) is 3.82. The van der Waals surface area contributed by atoms with E-state index in [4.69, 9.17) is 11.6 Å². The van der Waals surface area contributed by atoms with Crippen molar-refractivity contribution < 1.29 is 9.18 Å². The first-order valence-corrected chi connectivity index (χ1v) is 10.1. The second-order valence-electron chi connectivity index (χ2n) is 7.22. The van der Waals surface area contributed by atoms with Crippen LogP contribution in [-0.2, 0) is 11.2 Å². The van der Waals surface area contributed by atoms with Crippen molar-refractivity contribution in [2.24, 2.45) is 0 Å². The molecule has 1 heterocycles. The van der Waals surface area contributed by atoms with Gasteiger partial charge in [-0.05, 0) is 42.7 Å². The second kappa shape index (κ2) is 9.50. The smallest absolute Gasteiger partial charge is 0.238 e. The first-order chi connectivity index (χ1) is 13.5. The highest BCUT2D eigenvalue weighted by molar-refractivity contribution is 6.30. The molecule has 1 fully saturated rings. The van der Waals surface area contributed by atoms with Gasteiger partial charge in [-0.2, -0.15) is 0 Å². The van der Waals surface area contributed by atoms with Gasteiger partial charge in [0.05, 0.1) is 11.6 Å². The van der Waals surface area contributed by atoms with E-state index in [1.807, 2.05) is 24.3 Å². The summed E-state index contributed by atoms with van der Waals surface area (Å²) in [5.41, 5.74) is 3.05. The van der Waals surface area contributed by atoms with Crippen molar-refractivity contribution in [3.05, 3.63) is 64.4 Å². The Balaban J connectivity index is 1.51. The maximum atomic E-state index is 13.4. The van der Waals surface area contributed by atoms with Crippen LogP contribution in [0.3, 0.4) is 0 Å². The lowest BCUT2D eigenvalue weighted by Crippen LogP contribution is -2.49. The van der Waals surface area contributed by atoms with Crippen molar-refractivity contribution >= 4 is 23.2 Å². The van der Waals surface area contributed by atoms with Crippen LogP contribution >= 0.6 is 11.6 Å². The van der Waals surface area contributed by atoms with E-state index in [0.717, 1.165) is 49.4 Å². The second-order valence-corrected chi connectivity index (χ2v) is 7.63. The zero-order chi connectivity index (χ0) is 20.1. The highest BCUT2D eigenvalue weighted by atomic mass is 35.5. The molecule has 3 rings (SSSR count). The van der Waals surface area contributed by atoms with Crippen LogP contribution in [0.15, 0.2) is 42.5 Å². The molecule has 2 aromatic rings. The summed E-state index contributed by atoms with van der Waals surface area (Å²) >= 11 is 5.92. The molecular weight excluding hydrogens is 377 g/mol. The number of hydrogen-bond acceptors (Lipinski definition) is 3. The summed E-state index contributed by atoms with van der Waals surface area (Å²) in [6.45, 7) is 7.93. The predicted octanol–water partition coefficient (Wildman–Crippen LogP) is 4.36. The summed E-state index contributed by atoms with van der Waals surface area (Å²) in [6.07, 6.45) is 0.889. The molecule has 0 spiro atoms. The van der Waals surface area contributed by atoms with E-state index in [9.17, 15) is 9.18 Å². The number of nitrogens with zero attached hydrogens (tertiary/aromatic N) is 2. The van der Waals surface area contributed by atoms with Crippen LogP contribution in [-0.4, -0.2) is 48.4 Å². The third kappa shape index (κ3) is 5.10. The molecular formula is C22H27ClFN3O. The van der Waals surface area contributed by atoms with Gasteiger partial charge in [-0.1, -0.05) is 42.8 Å². The summed E-state index contributed by atoms with van der Waals surface area (Å²) < 4.78 is 13.4. The Morgan fingerprint density at radius 3 is 2.57 bits per heavy atom. The number of anilines is 1. The summed E-state index contributed by atoms with van der Waals surface area (Å²) in [7, 11) is 0. The lowest BCUT2D eigenvalue weighted by atomic mass is 10.1. The summed E-state index contributed by atoms with van der Waals surface area (Å²) in [5, 5.41) is 3.19. The molecule has 1 unspecified atom stereocenters. The summed E-state index contributed by atoms with van der Waals surface area (Å²) in [4.78, 5) is 16.9. The van der Waals surface area contributed by atoms with Gasteiger partial charge in [0.15, 0.2) is 0 Å². The number of carbonyl (C=O) groups is 1. The van der Waals surface area contributed by atoms with Crippen molar-refractivity contribution in [3.8, 4) is 0 Å². The van der Waals surface area contributed by atoms with Crippen molar-refractivity contribution in [2.75, 3.05) is 38.0 Å². The minimum Gasteiger partial charge on any atom is -0.325 e. The Kier molecular flexibility index (Phi) is 7.05. The molecule has 6 heteroatoms. The summed E-state index contributed by atoms with van der Waals surface area (Å²) in [5.74, 6) is -0.370. The van der Waals surface area contributed by atoms with Crippen molar-refractivity contribution in [1.82, 2.24) is 9.80 Å². The lowest BCUT2D eigenvalue weighted by Gasteiger charge is -2.38. The fourth-order valence-electron chi connectivity index (χ4n) is 3.64. The van der Waals surface area contributed by atoms with Gasteiger partial charge in [0.2, 0.25) is 5.91 Å². The Labute approximate surface area is 171 Å². The van der Waals surface area contributed by atoms with Crippen LogP contribution in [0.5, 0.6) is 0 Å². The third-order valence-corrected chi connectivity index (χ3v) is 5.71. The van der Waals surface area contributed by atoms with Gasteiger partial charge in [-0.15, -0.1) is 0 Å². The maximum Gasteiger partial charge on any atom is 0.238 e. The standard InChI is InChI=1S/C22H27ClFN3O/c1-3-17-6-4-5-7-21(17)25-22(28)15-26-10-12-27(13-11-26)16(2)18-8-9-20(24)19(23)14-18/h4-9,14,16H,3,10-13,15H2,1-2H3,(H,25,28). The zero-order valence-electron chi connectivity index (χ0n) is 16.4. The molecule has 1 aliphatic rings. The number of nitrogens with one attached hydrogen (secondary N) is 1. The van der Waals surface area contributed by atoms with Crippen LogP contribution in [0.2, 0.25) is 5.02 Å². The third-order valence-electron chi connectivity index (χ3n) is 5.42. The first-order valence-electron chi connectivity index (χ1n) is 9.77. The average molecular weight is 404 g/mol. The molecule has 1 atom stereocenters. The number of benzene rings is 2. The van der Waals surface area contributed by atoms with E-state index in [2.05, 4.69) is 29.0 Å². The molecule has 150 valence electrons. The van der Waals surface area contributed by atoms with Gasteiger partial charge in [0.1, 0.15) is 5.82 Å². The topological polar surface area (TPSA) is 35.6 Å².